The van der Waals surface area contributed by atoms with Crippen LogP contribution in [0.3, 0.4) is 0 Å². The first kappa shape index (κ1) is 12.0. The third-order valence-electron chi connectivity index (χ3n) is 3.28. The van der Waals surface area contributed by atoms with Crippen LogP contribution in [0.1, 0.15) is 30.1 Å². The number of carbonyl (C=O) groups is 1. The molecule has 0 atom stereocenters. The van der Waals surface area contributed by atoms with Gasteiger partial charge in [-0.15, -0.1) is 0 Å². The fraction of sp³-hybridized carbons (Fsp3) is 0.235. The van der Waals surface area contributed by atoms with Gasteiger partial charge in [-0.05, 0) is 43.0 Å². The molecule has 1 aliphatic rings. The lowest BCUT2D eigenvalue weighted by molar-refractivity contribution is 0.101. The Labute approximate surface area is 113 Å². The summed E-state index contributed by atoms with van der Waals surface area (Å²) in [6.45, 7) is 1.60. The second-order valence-electron chi connectivity index (χ2n) is 4.95. The van der Waals surface area contributed by atoms with Gasteiger partial charge in [0.25, 0.3) is 0 Å². The average molecular weight is 252 g/mol. The number of ether oxygens (including phenoxy) is 1. The van der Waals surface area contributed by atoms with E-state index in [1.165, 1.54) is 0 Å². The van der Waals surface area contributed by atoms with Crippen molar-refractivity contribution in [3.63, 3.8) is 0 Å². The Morgan fingerprint density at radius 1 is 1.11 bits per heavy atom. The molecule has 0 spiro atoms. The zero-order valence-electron chi connectivity index (χ0n) is 10.9. The minimum atomic E-state index is 0.0871. The van der Waals surface area contributed by atoms with Crippen molar-refractivity contribution in [3.8, 4) is 16.9 Å². The van der Waals surface area contributed by atoms with E-state index in [2.05, 4.69) is 0 Å². The summed E-state index contributed by atoms with van der Waals surface area (Å²) in [5, 5.41) is 0. The Bertz CT molecular complexity index is 612. The second-order valence-corrected chi connectivity index (χ2v) is 4.95. The summed E-state index contributed by atoms with van der Waals surface area (Å²) in [6, 6.07) is 15.7. The van der Waals surface area contributed by atoms with Crippen molar-refractivity contribution in [2.24, 2.45) is 0 Å². The predicted molar refractivity (Wildman–Crippen MR) is 75.5 cm³/mol. The molecular weight excluding hydrogens is 236 g/mol. The summed E-state index contributed by atoms with van der Waals surface area (Å²) in [4.78, 5) is 11.7. The molecule has 0 radical (unpaired) electrons. The van der Waals surface area contributed by atoms with E-state index in [1.54, 1.807) is 6.92 Å². The van der Waals surface area contributed by atoms with E-state index < -0.39 is 0 Å². The standard InChI is InChI=1S/C17H16O2/c1-12(18)16-7-2-3-8-17(16)13-5-4-6-15(11-13)19-14-9-10-14/h2-8,11,14H,9-10H2,1H3. The van der Waals surface area contributed by atoms with Gasteiger partial charge in [-0.3, -0.25) is 4.79 Å². The highest BCUT2D eigenvalue weighted by molar-refractivity contribution is 6.00. The first-order valence-electron chi connectivity index (χ1n) is 6.61. The summed E-state index contributed by atoms with van der Waals surface area (Å²) in [5.74, 6) is 0.975. The van der Waals surface area contributed by atoms with Gasteiger partial charge in [-0.2, -0.15) is 0 Å². The molecule has 1 aliphatic carbocycles. The lowest BCUT2D eigenvalue weighted by Crippen LogP contribution is -1.98. The molecule has 0 bridgehead atoms. The van der Waals surface area contributed by atoms with Crippen LogP contribution in [0.4, 0.5) is 0 Å². The van der Waals surface area contributed by atoms with Gasteiger partial charge in [0.05, 0.1) is 6.10 Å². The van der Waals surface area contributed by atoms with E-state index in [9.17, 15) is 4.79 Å². The summed E-state index contributed by atoms with van der Waals surface area (Å²) >= 11 is 0. The van der Waals surface area contributed by atoms with Crippen LogP contribution < -0.4 is 4.74 Å². The van der Waals surface area contributed by atoms with Crippen molar-refractivity contribution in [2.45, 2.75) is 25.9 Å². The smallest absolute Gasteiger partial charge is 0.160 e. The van der Waals surface area contributed by atoms with Gasteiger partial charge in [0, 0.05) is 5.56 Å². The molecule has 0 amide bonds. The quantitative estimate of drug-likeness (QED) is 0.766. The number of hydrogen-bond acceptors (Lipinski definition) is 2. The zero-order valence-corrected chi connectivity index (χ0v) is 10.9. The lowest BCUT2D eigenvalue weighted by Gasteiger charge is -2.09. The minimum absolute atomic E-state index is 0.0871. The number of Topliss-reactive ketones (excluding diaryl/α,β-unsaturated/α-hetero) is 1. The molecule has 2 aromatic carbocycles. The van der Waals surface area contributed by atoms with Crippen molar-refractivity contribution in [2.75, 3.05) is 0 Å². The van der Waals surface area contributed by atoms with Gasteiger partial charge in [0.15, 0.2) is 5.78 Å². The third kappa shape index (κ3) is 2.68. The predicted octanol–water partition coefficient (Wildman–Crippen LogP) is 4.10. The highest BCUT2D eigenvalue weighted by atomic mass is 16.5. The van der Waals surface area contributed by atoms with Crippen LogP contribution in [0.2, 0.25) is 0 Å². The average Bonchev–Trinajstić information content (AvgIpc) is 3.23. The molecule has 1 fully saturated rings. The highest BCUT2D eigenvalue weighted by Crippen LogP contribution is 2.31. The molecule has 0 aromatic heterocycles. The SMILES string of the molecule is CC(=O)c1ccccc1-c1cccc(OC2CC2)c1. The van der Waals surface area contributed by atoms with E-state index >= 15 is 0 Å². The van der Waals surface area contributed by atoms with Gasteiger partial charge < -0.3 is 4.74 Å². The Morgan fingerprint density at radius 3 is 2.63 bits per heavy atom. The van der Waals surface area contributed by atoms with E-state index in [0.29, 0.717) is 6.10 Å². The number of carbonyl (C=O) groups excluding carboxylic acids is 1. The normalized spacial score (nSPS) is 14.2. The van der Waals surface area contributed by atoms with Crippen molar-refractivity contribution in [1.82, 2.24) is 0 Å². The van der Waals surface area contributed by atoms with Gasteiger partial charge in [0.1, 0.15) is 5.75 Å². The molecule has 2 aromatic rings. The molecule has 2 heteroatoms. The maximum Gasteiger partial charge on any atom is 0.160 e. The van der Waals surface area contributed by atoms with E-state index in [-0.39, 0.29) is 5.78 Å². The molecule has 0 unspecified atom stereocenters. The second kappa shape index (κ2) is 4.88. The first-order valence-corrected chi connectivity index (χ1v) is 6.61. The molecule has 0 saturated heterocycles. The Balaban J connectivity index is 1.99. The van der Waals surface area contributed by atoms with Gasteiger partial charge in [-0.25, -0.2) is 0 Å². The first-order chi connectivity index (χ1) is 9.24. The Morgan fingerprint density at radius 2 is 1.89 bits per heavy atom. The molecule has 1 saturated carbocycles. The maximum atomic E-state index is 11.7. The number of ketones is 1. The molecule has 96 valence electrons. The van der Waals surface area contributed by atoms with Crippen LogP contribution in [-0.2, 0) is 0 Å². The number of hydrogen-bond donors (Lipinski definition) is 0. The Kier molecular flexibility index (Phi) is 3.08. The Hall–Kier alpha value is -2.09. The largest absolute Gasteiger partial charge is 0.490 e. The molecule has 2 nitrogen and oxygen atoms in total. The molecule has 3 rings (SSSR count). The van der Waals surface area contributed by atoms with Crippen LogP contribution >= 0.6 is 0 Å². The fourth-order valence-corrected chi connectivity index (χ4v) is 2.16. The summed E-state index contributed by atoms with van der Waals surface area (Å²) in [7, 11) is 0. The third-order valence-corrected chi connectivity index (χ3v) is 3.28. The molecular formula is C17H16O2. The summed E-state index contributed by atoms with van der Waals surface area (Å²) in [6.07, 6.45) is 2.68. The lowest BCUT2D eigenvalue weighted by atomic mass is 9.97. The maximum absolute atomic E-state index is 11.7. The zero-order chi connectivity index (χ0) is 13.2. The topological polar surface area (TPSA) is 26.3 Å². The molecule has 0 heterocycles. The van der Waals surface area contributed by atoms with Crippen LogP contribution in [0.5, 0.6) is 5.75 Å². The van der Waals surface area contributed by atoms with Crippen molar-refractivity contribution >= 4 is 5.78 Å². The van der Waals surface area contributed by atoms with Crippen LogP contribution in [0, 0.1) is 0 Å². The van der Waals surface area contributed by atoms with E-state index in [1.807, 2.05) is 48.5 Å². The number of rotatable bonds is 4. The van der Waals surface area contributed by atoms with Crippen molar-refractivity contribution in [3.05, 3.63) is 54.1 Å². The number of benzene rings is 2. The van der Waals surface area contributed by atoms with Crippen LogP contribution in [0.25, 0.3) is 11.1 Å². The van der Waals surface area contributed by atoms with E-state index in [0.717, 1.165) is 35.3 Å². The molecule has 19 heavy (non-hydrogen) atoms. The van der Waals surface area contributed by atoms with Gasteiger partial charge >= 0.3 is 0 Å². The van der Waals surface area contributed by atoms with Crippen molar-refractivity contribution in [1.29, 1.82) is 0 Å². The van der Waals surface area contributed by atoms with Crippen molar-refractivity contribution < 1.29 is 9.53 Å². The van der Waals surface area contributed by atoms with Crippen LogP contribution in [-0.4, -0.2) is 11.9 Å². The molecule has 0 N–H and O–H groups in total. The van der Waals surface area contributed by atoms with E-state index in [4.69, 9.17) is 4.74 Å². The fourth-order valence-electron chi connectivity index (χ4n) is 2.16. The summed E-state index contributed by atoms with van der Waals surface area (Å²) < 4.78 is 5.80. The molecule has 0 aliphatic heterocycles. The minimum Gasteiger partial charge on any atom is -0.490 e. The van der Waals surface area contributed by atoms with Gasteiger partial charge in [-0.1, -0.05) is 36.4 Å². The van der Waals surface area contributed by atoms with Gasteiger partial charge in [0.2, 0.25) is 0 Å². The van der Waals surface area contributed by atoms with Crippen LogP contribution in [0.15, 0.2) is 48.5 Å². The monoisotopic (exact) mass is 252 g/mol. The highest BCUT2D eigenvalue weighted by Gasteiger charge is 2.23. The summed E-state index contributed by atoms with van der Waals surface area (Å²) in [5.41, 5.74) is 2.76.